The van der Waals surface area contributed by atoms with Crippen LogP contribution in [0.25, 0.3) is 0 Å². The first kappa shape index (κ1) is 8.21. The van der Waals surface area contributed by atoms with Crippen LogP contribution in [0.4, 0.5) is 17.3 Å². The lowest BCUT2D eigenvalue weighted by Crippen LogP contribution is -2.10. The van der Waals surface area contributed by atoms with Crippen LogP contribution in [0.1, 0.15) is 0 Å². The van der Waals surface area contributed by atoms with Gasteiger partial charge in [-0.05, 0) is 6.07 Å². The highest BCUT2D eigenvalue weighted by atomic mass is 16.6. The van der Waals surface area contributed by atoms with Gasteiger partial charge in [-0.3, -0.25) is 10.1 Å². The number of rotatable bonds is 2. The molecule has 0 aliphatic heterocycles. The van der Waals surface area contributed by atoms with Gasteiger partial charge in [0.05, 0.1) is 4.92 Å². The van der Waals surface area contributed by atoms with Crippen molar-refractivity contribution >= 4 is 17.3 Å². The summed E-state index contributed by atoms with van der Waals surface area (Å²) in [5.41, 5.74) is 7.24. The van der Waals surface area contributed by atoms with E-state index in [2.05, 4.69) is 10.4 Å². The van der Waals surface area contributed by atoms with Crippen molar-refractivity contribution in [3.8, 4) is 0 Å². The molecule has 0 aromatic carbocycles. The van der Waals surface area contributed by atoms with E-state index in [1.807, 2.05) is 0 Å². The van der Waals surface area contributed by atoms with E-state index in [1.165, 1.54) is 12.1 Å². The minimum Gasteiger partial charge on any atom is -0.378 e. The Labute approximate surface area is 67.5 Å². The predicted octanol–water partition coefficient (Wildman–Crippen LogP) is -0.142. The van der Waals surface area contributed by atoms with Crippen molar-refractivity contribution in [2.45, 2.75) is 0 Å². The smallest absolute Gasteiger partial charge is 0.311 e. The monoisotopic (exact) mass is 169 g/mol. The normalized spacial score (nSPS) is 9.42. The van der Waals surface area contributed by atoms with E-state index in [0.29, 0.717) is 0 Å². The van der Waals surface area contributed by atoms with Gasteiger partial charge in [-0.25, -0.2) is 10.8 Å². The molecule has 0 atom stereocenters. The van der Waals surface area contributed by atoms with Crippen molar-refractivity contribution in [1.29, 1.82) is 0 Å². The Balaban J connectivity index is 3.12. The molecule has 5 N–H and O–H groups in total. The third kappa shape index (κ3) is 1.40. The Morgan fingerprint density at radius 2 is 2.25 bits per heavy atom. The Morgan fingerprint density at radius 3 is 2.67 bits per heavy atom. The van der Waals surface area contributed by atoms with Gasteiger partial charge >= 0.3 is 5.69 Å². The van der Waals surface area contributed by atoms with Crippen LogP contribution in [0.3, 0.4) is 0 Å². The number of hydrogen-bond donors (Lipinski definition) is 3. The molecule has 1 rings (SSSR count). The average molecular weight is 169 g/mol. The minimum absolute atomic E-state index is 0.157. The van der Waals surface area contributed by atoms with Crippen molar-refractivity contribution in [2.24, 2.45) is 5.84 Å². The van der Waals surface area contributed by atoms with Gasteiger partial charge in [0.15, 0.2) is 0 Å². The topological polar surface area (TPSA) is 120 Å². The highest BCUT2D eigenvalue weighted by Gasteiger charge is 2.11. The first-order valence-electron chi connectivity index (χ1n) is 3.02. The van der Waals surface area contributed by atoms with Gasteiger partial charge in [-0.1, -0.05) is 0 Å². The Hall–Kier alpha value is -1.89. The fourth-order valence-electron chi connectivity index (χ4n) is 0.702. The van der Waals surface area contributed by atoms with E-state index < -0.39 is 4.92 Å². The minimum atomic E-state index is -0.609. The molecule has 0 saturated heterocycles. The van der Waals surface area contributed by atoms with Crippen LogP contribution in [0.5, 0.6) is 0 Å². The maximum absolute atomic E-state index is 10.3. The van der Waals surface area contributed by atoms with Gasteiger partial charge in [-0.2, -0.15) is 0 Å². The summed E-state index contributed by atoms with van der Waals surface area (Å²) in [4.78, 5) is 13.3. The quantitative estimate of drug-likeness (QED) is 0.322. The molecule has 1 heterocycles. The van der Waals surface area contributed by atoms with Crippen LogP contribution in [-0.4, -0.2) is 9.91 Å². The van der Waals surface area contributed by atoms with Crippen molar-refractivity contribution in [2.75, 3.05) is 11.2 Å². The van der Waals surface area contributed by atoms with Crippen LogP contribution in [0.2, 0.25) is 0 Å². The first-order chi connectivity index (χ1) is 5.65. The van der Waals surface area contributed by atoms with E-state index >= 15 is 0 Å². The number of hydrogen-bond acceptors (Lipinski definition) is 6. The number of nitrogen functional groups attached to an aromatic ring is 2. The molecular formula is C5H7N5O2. The van der Waals surface area contributed by atoms with Crippen LogP contribution in [0.15, 0.2) is 12.1 Å². The number of aromatic nitrogens is 1. The highest BCUT2D eigenvalue weighted by molar-refractivity contribution is 5.56. The van der Waals surface area contributed by atoms with E-state index in [4.69, 9.17) is 11.6 Å². The third-order valence-electron chi connectivity index (χ3n) is 1.25. The largest absolute Gasteiger partial charge is 0.378 e. The van der Waals surface area contributed by atoms with E-state index in [-0.39, 0.29) is 17.3 Å². The number of nitrogens with two attached hydrogens (primary N) is 2. The third-order valence-corrected chi connectivity index (χ3v) is 1.25. The number of anilines is 2. The number of nitrogens with one attached hydrogen (secondary N) is 1. The maximum Gasteiger partial charge on any atom is 0.311 e. The molecule has 64 valence electrons. The zero-order valence-corrected chi connectivity index (χ0v) is 6.02. The molecule has 1 aromatic rings. The Kier molecular flexibility index (Phi) is 2.06. The second-order valence-corrected chi connectivity index (χ2v) is 2.00. The van der Waals surface area contributed by atoms with Crippen molar-refractivity contribution in [3.63, 3.8) is 0 Å². The zero-order valence-electron chi connectivity index (χ0n) is 6.02. The molecule has 7 nitrogen and oxygen atoms in total. The van der Waals surface area contributed by atoms with E-state index in [9.17, 15) is 10.1 Å². The number of hydrazine groups is 1. The van der Waals surface area contributed by atoms with Gasteiger partial charge < -0.3 is 11.2 Å². The van der Waals surface area contributed by atoms with Gasteiger partial charge in [-0.15, -0.1) is 0 Å². The van der Waals surface area contributed by atoms with Gasteiger partial charge in [0.25, 0.3) is 0 Å². The van der Waals surface area contributed by atoms with Crippen LogP contribution in [0, 0.1) is 10.1 Å². The fraction of sp³-hybridized carbons (Fsp3) is 0. The summed E-state index contributed by atoms with van der Waals surface area (Å²) in [5, 5.41) is 10.3. The summed E-state index contributed by atoms with van der Waals surface area (Å²) >= 11 is 0. The molecule has 0 fully saturated rings. The molecule has 0 saturated carbocycles. The van der Waals surface area contributed by atoms with Gasteiger partial charge in [0.1, 0.15) is 5.82 Å². The molecule has 0 amide bonds. The van der Waals surface area contributed by atoms with Crippen molar-refractivity contribution < 1.29 is 4.92 Å². The standard InChI is InChI=1S/C5H7N5O2/c6-5-3(10(11)12)1-2-4(8-5)9-7/h1-2H,7H2,(H3,6,8,9). The van der Waals surface area contributed by atoms with Crippen LogP contribution in [-0.2, 0) is 0 Å². The summed E-state index contributed by atoms with van der Waals surface area (Å²) in [6.45, 7) is 0. The lowest BCUT2D eigenvalue weighted by molar-refractivity contribution is -0.384. The zero-order chi connectivity index (χ0) is 9.14. The number of nitro groups is 1. The SMILES string of the molecule is NNc1ccc([N+](=O)[O-])c(N)n1. The lowest BCUT2D eigenvalue weighted by atomic mass is 10.4. The maximum atomic E-state index is 10.3. The molecule has 12 heavy (non-hydrogen) atoms. The summed E-state index contributed by atoms with van der Waals surface area (Å²) in [5.74, 6) is 5.14. The molecule has 0 aliphatic rings. The summed E-state index contributed by atoms with van der Waals surface area (Å²) in [6.07, 6.45) is 0. The number of pyridine rings is 1. The van der Waals surface area contributed by atoms with Crippen LogP contribution >= 0.6 is 0 Å². The predicted molar refractivity (Wildman–Crippen MR) is 43.1 cm³/mol. The van der Waals surface area contributed by atoms with E-state index in [1.54, 1.807) is 0 Å². The molecule has 0 bridgehead atoms. The van der Waals surface area contributed by atoms with Crippen LogP contribution < -0.4 is 17.0 Å². The second kappa shape index (κ2) is 3.01. The summed E-state index contributed by atoms with van der Waals surface area (Å²) in [6, 6.07) is 2.60. The van der Waals surface area contributed by atoms with Crippen molar-refractivity contribution in [3.05, 3.63) is 22.2 Å². The summed E-state index contributed by atoms with van der Waals surface area (Å²) in [7, 11) is 0. The Morgan fingerprint density at radius 1 is 1.58 bits per heavy atom. The highest BCUT2D eigenvalue weighted by Crippen LogP contribution is 2.19. The Bertz CT molecular complexity index is 313. The molecule has 0 unspecified atom stereocenters. The summed E-state index contributed by atoms with van der Waals surface area (Å²) < 4.78 is 0. The lowest BCUT2D eigenvalue weighted by Gasteiger charge is -1.99. The van der Waals surface area contributed by atoms with Gasteiger partial charge in [0.2, 0.25) is 5.82 Å². The molecule has 0 radical (unpaired) electrons. The molecule has 0 spiro atoms. The number of nitrogens with zero attached hydrogens (tertiary/aromatic N) is 2. The molecular weight excluding hydrogens is 162 g/mol. The fourth-order valence-corrected chi connectivity index (χ4v) is 0.702. The van der Waals surface area contributed by atoms with Crippen molar-refractivity contribution in [1.82, 2.24) is 4.98 Å². The molecule has 7 heteroatoms. The van der Waals surface area contributed by atoms with E-state index in [0.717, 1.165) is 0 Å². The second-order valence-electron chi connectivity index (χ2n) is 2.00. The molecule has 0 aliphatic carbocycles. The average Bonchev–Trinajstić information content (AvgIpc) is 2.03. The van der Waals surface area contributed by atoms with Gasteiger partial charge in [0, 0.05) is 6.07 Å². The molecule has 1 aromatic heterocycles. The first-order valence-corrected chi connectivity index (χ1v) is 3.02.